The van der Waals surface area contributed by atoms with Gasteiger partial charge >= 0.3 is 0 Å². The molecule has 0 spiro atoms. The Balaban J connectivity index is 1.85. The van der Waals surface area contributed by atoms with Crippen LogP contribution < -0.4 is 10.6 Å². The number of hydrogen-bond donors (Lipinski definition) is 2. The quantitative estimate of drug-likeness (QED) is 0.579. The minimum absolute atomic E-state index is 0.601. The fraction of sp³-hybridized carbons (Fsp3) is 0.227. The van der Waals surface area contributed by atoms with Crippen LogP contribution in [0.2, 0.25) is 0 Å². The minimum Gasteiger partial charge on any atom is -0.370 e. The van der Waals surface area contributed by atoms with Gasteiger partial charge in [-0.15, -0.1) is 0 Å². The topological polar surface area (TPSA) is 76.9 Å². The lowest BCUT2D eigenvalue weighted by molar-refractivity contribution is 0.405. The fourth-order valence-corrected chi connectivity index (χ4v) is 2.74. The van der Waals surface area contributed by atoms with Crippen molar-refractivity contribution in [2.45, 2.75) is 6.42 Å². The molecule has 142 valence electrons. The van der Waals surface area contributed by atoms with Crippen LogP contribution >= 0.6 is 0 Å². The molecule has 1 aromatic heterocycles. The lowest BCUT2D eigenvalue weighted by atomic mass is 10.2. The van der Waals surface area contributed by atoms with Gasteiger partial charge in [0.1, 0.15) is 11.6 Å². The van der Waals surface area contributed by atoms with Crippen LogP contribution in [0.5, 0.6) is 0 Å². The molecule has 0 saturated carbocycles. The van der Waals surface area contributed by atoms with Gasteiger partial charge < -0.3 is 15.5 Å². The van der Waals surface area contributed by atoms with Gasteiger partial charge in [0.2, 0.25) is 0 Å². The minimum atomic E-state index is 0.601. The third-order valence-corrected chi connectivity index (χ3v) is 4.11. The molecule has 0 aliphatic rings. The summed E-state index contributed by atoms with van der Waals surface area (Å²) in [6.07, 6.45) is 1.02. The van der Waals surface area contributed by atoms with Crippen molar-refractivity contribution in [2.75, 3.05) is 37.8 Å². The van der Waals surface area contributed by atoms with Gasteiger partial charge in [-0.3, -0.25) is 0 Å². The molecule has 0 bridgehead atoms. The second kappa shape index (κ2) is 9.49. The molecule has 0 aliphatic carbocycles. The van der Waals surface area contributed by atoms with Crippen molar-refractivity contribution < 1.29 is 0 Å². The van der Waals surface area contributed by atoms with Crippen molar-refractivity contribution in [3.05, 3.63) is 66.2 Å². The monoisotopic (exact) mass is 372 g/mol. The Hall–Kier alpha value is -3.43. The van der Waals surface area contributed by atoms with Crippen LogP contribution in [0.4, 0.5) is 17.3 Å². The predicted molar refractivity (Wildman–Crippen MR) is 114 cm³/mol. The van der Waals surface area contributed by atoms with Crippen LogP contribution in [0.25, 0.3) is 11.4 Å². The highest BCUT2D eigenvalue weighted by Crippen LogP contribution is 2.23. The van der Waals surface area contributed by atoms with Crippen LogP contribution in [0, 0.1) is 11.3 Å². The summed E-state index contributed by atoms with van der Waals surface area (Å²) in [6.45, 7) is 1.84. The van der Waals surface area contributed by atoms with Crippen molar-refractivity contribution in [1.29, 1.82) is 5.26 Å². The zero-order valence-corrected chi connectivity index (χ0v) is 16.2. The normalized spacial score (nSPS) is 10.5. The van der Waals surface area contributed by atoms with Crippen LogP contribution in [-0.2, 0) is 0 Å². The molecule has 2 aromatic carbocycles. The van der Waals surface area contributed by atoms with E-state index in [0.717, 1.165) is 36.6 Å². The molecule has 3 aromatic rings. The highest BCUT2D eigenvalue weighted by molar-refractivity contribution is 5.65. The summed E-state index contributed by atoms with van der Waals surface area (Å²) < 4.78 is 0. The van der Waals surface area contributed by atoms with Crippen molar-refractivity contribution in [3.63, 3.8) is 0 Å². The van der Waals surface area contributed by atoms with E-state index in [4.69, 9.17) is 5.26 Å². The second-order valence-electron chi connectivity index (χ2n) is 6.73. The molecule has 0 atom stereocenters. The van der Waals surface area contributed by atoms with Gasteiger partial charge in [-0.1, -0.05) is 36.4 Å². The zero-order valence-electron chi connectivity index (χ0n) is 16.2. The van der Waals surface area contributed by atoms with Gasteiger partial charge in [0.15, 0.2) is 5.82 Å². The van der Waals surface area contributed by atoms with Gasteiger partial charge in [0.25, 0.3) is 0 Å². The van der Waals surface area contributed by atoms with Crippen LogP contribution in [0.1, 0.15) is 12.0 Å². The number of benzene rings is 2. The Morgan fingerprint density at radius 3 is 2.50 bits per heavy atom. The number of anilines is 3. The molecule has 0 saturated heterocycles. The summed E-state index contributed by atoms with van der Waals surface area (Å²) in [5, 5.41) is 15.8. The number of aromatic nitrogens is 2. The molecule has 0 fully saturated rings. The Labute approximate surface area is 165 Å². The zero-order chi connectivity index (χ0) is 19.8. The highest BCUT2D eigenvalue weighted by Gasteiger charge is 2.08. The standard InChI is InChI=1S/C22H24N6/c1-28(2)13-7-12-24-20-15-21(25-19-11-6-8-17(14-19)16-23)27-22(26-20)18-9-4-3-5-10-18/h3-6,8-11,14-15H,7,12-13H2,1-2H3,(H2,24,25,26,27). The first kappa shape index (κ1) is 19.3. The van der Waals surface area contributed by atoms with Crippen molar-refractivity contribution >= 4 is 17.3 Å². The van der Waals surface area contributed by atoms with E-state index in [-0.39, 0.29) is 0 Å². The molecule has 28 heavy (non-hydrogen) atoms. The van der Waals surface area contributed by atoms with Crippen LogP contribution in [0.3, 0.4) is 0 Å². The first-order chi connectivity index (χ1) is 13.6. The van der Waals surface area contributed by atoms with Crippen molar-refractivity contribution in [3.8, 4) is 17.5 Å². The molecule has 0 aliphatic heterocycles. The predicted octanol–water partition coefficient (Wildman–Crippen LogP) is 4.12. The van der Waals surface area contributed by atoms with E-state index < -0.39 is 0 Å². The highest BCUT2D eigenvalue weighted by atomic mass is 15.1. The third-order valence-electron chi connectivity index (χ3n) is 4.11. The SMILES string of the molecule is CN(C)CCCNc1cc(Nc2cccc(C#N)c2)nc(-c2ccccc2)n1. The Kier molecular flexibility index (Phi) is 6.55. The number of nitriles is 1. The molecule has 0 unspecified atom stereocenters. The molecular formula is C22H24N6. The lowest BCUT2D eigenvalue weighted by Crippen LogP contribution is -2.16. The Morgan fingerprint density at radius 2 is 1.75 bits per heavy atom. The van der Waals surface area contributed by atoms with E-state index in [0.29, 0.717) is 17.2 Å². The smallest absolute Gasteiger partial charge is 0.163 e. The van der Waals surface area contributed by atoms with E-state index in [1.807, 2.05) is 48.5 Å². The number of rotatable bonds is 8. The number of nitrogens with zero attached hydrogens (tertiary/aromatic N) is 4. The van der Waals surface area contributed by atoms with Gasteiger partial charge in [-0.2, -0.15) is 5.26 Å². The molecule has 6 nitrogen and oxygen atoms in total. The van der Waals surface area contributed by atoms with Gasteiger partial charge in [0.05, 0.1) is 11.6 Å². The summed E-state index contributed by atoms with van der Waals surface area (Å²) in [4.78, 5) is 11.5. The first-order valence-corrected chi connectivity index (χ1v) is 9.24. The van der Waals surface area contributed by atoms with E-state index in [1.54, 1.807) is 12.1 Å². The number of nitrogens with one attached hydrogen (secondary N) is 2. The van der Waals surface area contributed by atoms with Crippen molar-refractivity contribution in [1.82, 2.24) is 14.9 Å². The molecule has 1 heterocycles. The number of hydrogen-bond acceptors (Lipinski definition) is 6. The summed E-state index contributed by atoms with van der Waals surface area (Å²) in [5.74, 6) is 2.10. The lowest BCUT2D eigenvalue weighted by Gasteiger charge is -2.13. The van der Waals surface area contributed by atoms with Crippen LogP contribution in [0.15, 0.2) is 60.7 Å². The van der Waals surface area contributed by atoms with Crippen molar-refractivity contribution in [2.24, 2.45) is 0 Å². The average Bonchev–Trinajstić information content (AvgIpc) is 2.72. The Bertz CT molecular complexity index is 947. The largest absolute Gasteiger partial charge is 0.370 e. The second-order valence-corrected chi connectivity index (χ2v) is 6.73. The van der Waals surface area contributed by atoms with Gasteiger partial charge in [-0.25, -0.2) is 9.97 Å². The van der Waals surface area contributed by atoms with E-state index in [2.05, 4.69) is 45.7 Å². The maximum Gasteiger partial charge on any atom is 0.163 e. The molecular weight excluding hydrogens is 348 g/mol. The van der Waals surface area contributed by atoms with Gasteiger partial charge in [-0.05, 0) is 45.3 Å². The summed E-state index contributed by atoms with van der Waals surface area (Å²) >= 11 is 0. The summed E-state index contributed by atoms with van der Waals surface area (Å²) in [5.41, 5.74) is 2.37. The molecule has 0 radical (unpaired) electrons. The maximum atomic E-state index is 9.11. The average molecular weight is 372 g/mol. The van der Waals surface area contributed by atoms with Gasteiger partial charge in [0, 0.05) is 23.9 Å². The third kappa shape index (κ3) is 5.53. The van der Waals surface area contributed by atoms with Crippen LogP contribution in [-0.4, -0.2) is 42.1 Å². The molecule has 2 N–H and O–H groups in total. The Morgan fingerprint density at radius 1 is 0.964 bits per heavy atom. The summed E-state index contributed by atoms with van der Waals surface area (Å²) in [6, 6.07) is 21.3. The first-order valence-electron chi connectivity index (χ1n) is 9.24. The maximum absolute atomic E-state index is 9.11. The molecule has 6 heteroatoms. The molecule has 3 rings (SSSR count). The van der Waals surface area contributed by atoms with E-state index in [1.165, 1.54) is 0 Å². The fourth-order valence-electron chi connectivity index (χ4n) is 2.74. The molecule has 0 amide bonds. The van der Waals surface area contributed by atoms with E-state index in [9.17, 15) is 0 Å². The summed E-state index contributed by atoms with van der Waals surface area (Å²) in [7, 11) is 4.13. The van der Waals surface area contributed by atoms with E-state index >= 15 is 0 Å².